The van der Waals surface area contributed by atoms with Gasteiger partial charge in [0, 0.05) is 17.7 Å². The number of benzene rings is 2. The molecule has 5 nitrogen and oxygen atoms in total. The van der Waals surface area contributed by atoms with Gasteiger partial charge in [-0.3, -0.25) is 9.78 Å². The number of aryl methyl sites for hydroxylation is 3. The van der Waals surface area contributed by atoms with E-state index in [1.807, 2.05) is 56.3 Å². The highest BCUT2D eigenvalue weighted by atomic mass is 16.5. The van der Waals surface area contributed by atoms with Crippen LogP contribution < -0.4 is 5.73 Å². The van der Waals surface area contributed by atoms with E-state index in [4.69, 9.17) is 10.5 Å². The Morgan fingerprint density at radius 3 is 2.28 bits per heavy atom. The number of esters is 1. The molecule has 1 aromatic heterocycles. The van der Waals surface area contributed by atoms with Gasteiger partial charge in [-0.1, -0.05) is 55.3 Å². The van der Waals surface area contributed by atoms with Crippen LogP contribution in [0.5, 0.6) is 0 Å². The molecule has 2 aromatic carbocycles. The number of carbonyl (C=O) groups is 2. The molecule has 0 aliphatic heterocycles. The summed E-state index contributed by atoms with van der Waals surface area (Å²) in [6, 6.07) is 17.2. The highest BCUT2D eigenvalue weighted by molar-refractivity contribution is 5.98. The monoisotopic (exact) mass is 430 g/mol. The minimum absolute atomic E-state index is 0.235. The first-order chi connectivity index (χ1) is 15.4. The lowest BCUT2D eigenvalue weighted by molar-refractivity contribution is 0.0508. The van der Waals surface area contributed by atoms with Crippen LogP contribution in [-0.4, -0.2) is 23.5 Å². The van der Waals surface area contributed by atoms with Crippen molar-refractivity contribution in [2.24, 2.45) is 5.73 Å². The Kier molecular flexibility index (Phi) is 7.77. The molecule has 1 amide bonds. The smallest absolute Gasteiger partial charge is 0.340 e. The summed E-state index contributed by atoms with van der Waals surface area (Å²) < 4.78 is 5.63. The molecule has 0 saturated heterocycles. The summed E-state index contributed by atoms with van der Waals surface area (Å²) >= 11 is 0. The number of ether oxygens (including phenoxy) is 1. The van der Waals surface area contributed by atoms with E-state index in [1.165, 1.54) is 0 Å². The number of unbranched alkanes of at least 4 members (excludes halogenated alkanes) is 1. The lowest BCUT2D eigenvalue weighted by atomic mass is 9.96. The number of rotatable bonds is 9. The van der Waals surface area contributed by atoms with Crippen molar-refractivity contribution >= 4 is 11.9 Å². The maximum absolute atomic E-state index is 13.1. The van der Waals surface area contributed by atoms with Gasteiger partial charge in [0.1, 0.15) is 0 Å². The number of hydrogen-bond acceptors (Lipinski definition) is 4. The zero-order valence-corrected chi connectivity index (χ0v) is 19.0. The molecule has 2 N–H and O–H groups in total. The SMILES string of the molecule is CCCCc1cc(-c2ccc(C)cc2)c(C(=O)OCCc2ccc(C(N)=O)cc2)c(C)n1. The van der Waals surface area contributed by atoms with Crippen LogP contribution in [0, 0.1) is 13.8 Å². The molecular weight excluding hydrogens is 400 g/mol. The molecule has 0 spiro atoms. The second kappa shape index (κ2) is 10.7. The Morgan fingerprint density at radius 1 is 0.969 bits per heavy atom. The van der Waals surface area contributed by atoms with Gasteiger partial charge >= 0.3 is 5.97 Å². The molecule has 0 aliphatic rings. The number of aromatic nitrogens is 1. The van der Waals surface area contributed by atoms with Crippen LogP contribution in [0.2, 0.25) is 0 Å². The van der Waals surface area contributed by atoms with E-state index < -0.39 is 5.91 Å². The quantitative estimate of drug-likeness (QED) is 0.473. The molecular formula is C27H30N2O3. The minimum atomic E-state index is -0.461. The molecule has 0 radical (unpaired) electrons. The fourth-order valence-electron chi connectivity index (χ4n) is 3.61. The Morgan fingerprint density at radius 2 is 1.66 bits per heavy atom. The van der Waals surface area contributed by atoms with Crippen LogP contribution in [0.1, 0.15) is 63.0 Å². The average molecular weight is 431 g/mol. The number of hydrogen-bond donors (Lipinski definition) is 1. The molecule has 0 bridgehead atoms. The van der Waals surface area contributed by atoms with Crippen molar-refractivity contribution in [1.29, 1.82) is 0 Å². The Hall–Kier alpha value is -3.47. The first kappa shape index (κ1) is 23.2. The van der Waals surface area contributed by atoms with Crippen molar-refractivity contribution in [1.82, 2.24) is 4.98 Å². The summed E-state index contributed by atoms with van der Waals surface area (Å²) in [6.45, 7) is 6.30. The summed E-state index contributed by atoms with van der Waals surface area (Å²) in [4.78, 5) is 28.9. The molecule has 0 aliphatic carbocycles. The standard InChI is InChI=1S/C27H30N2O3/c1-4-5-6-23-17-24(21-11-7-18(2)8-12-21)25(19(3)29-23)27(31)32-16-15-20-9-13-22(14-10-20)26(28)30/h7-14,17H,4-6,15-16H2,1-3H3,(H2,28,30). The number of nitrogens with zero attached hydrogens (tertiary/aromatic N) is 1. The van der Waals surface area contributed by atoms with Crippen molar-refractivity contribution in [3.8, 4) is 11.1 Å². The van der Waals surface area contributed by atoms with E-state index in [9.17, 15) is 9.59 Å². The van der Waals surface area contributed by atoms with Crippen LogP contribution >= 0.6 is 0 Å². The van der Waals surface area contributed by atoms with Crippen molar-refractivity contribution in [2.45, 2.75) is 46.5 Å². The molecule has 166 valence electrons. The Labute approximate surface area is 189 Å². The fraction of sp³-hybridized carbons (Fsp3) is 0.296. The van der Waals surface area contributed by atoms with Crippen molar-refractivity contribution in [3.05, 3.63) is 88.2 Å². The van der Waals surface area contributed by atoms with Gasteiger partial charge in [0.15, 0.2) is 0 Å². The van der Waals surface area contributed by atoms with Crippen LogP contribution in [0.3, 0.4) is 0 Å². The third-order valence-electron chi connectivity index (χ3n) is 5.47. The first-order valence-electron chi connectivity index (χ1n) is 11.0. The highest BCUT2D eigenvalue weighted by Crippen LogP contribution is 2.28. The molecule has 0 atom stereocenters. The van der Waals surface area contributed by atoms with Gasteiger partial charge in [0.2, 0.25) is 5.91 Å². The lowest BCUT2D eigenvalue weighted by Gasteiger charge is -2.15. The van der Waals surface area contributed by atoms with Gasteiger partial charge in [-0.15, -0.1) is 0 Å². The van der Waals surface area contributed by atoms with E-state index in [0.29, 0.717) is 23.2 Å². The predicted octanol–water partition coefficient (Wildman–Crippen LogP) is 5.21. The summed E-state index contributed by atoms with van der Waals surface area (Å²) in [5, 5.41) is 0. The van der Waals surface area contributed by atoms with Crippen LogP contribution in [0.4, 0.5) is 0 Å². The molecule has 0 saturated carbocycles. The maximum Gasteiger partial charge on any atom is 0.340 e. The molecule has 3 rings (SSSR count). The van der Waals surface area contributed by atoms with Crippen molar-refractivity contribution in [3.63, 3.8) is 0 Å². The largest absolute Gasteiger partial charge is 0.462 e. The Bertz CT molecular complexity index is 1090. The second-order valence-electron chi connectivity index (χ2n) is 8.04. The number of amides is 1. The average Bonchev–Trinajstić information content (AvgIpc) is 2.78. The molecule has 32 heavy (non-hydrogen) atoms. The van der Waals surface area contributed by atoms with Crippen molar-refractivity contribution in [2.75, 3.05) is 6.61 Å². The number of nitrogens with two attached hydrogens (primary N) is 1. The summed E-state index contributed by atoms with van der Waals surface area (Å²) in [5.74, 6) is -0.835. The van der Waals surface area contributed by atoms with E-state index in [1.54, 1.807) is 12.1 Å². The zero-order chi connectivity index (χ0) is 23.1. The topological polar surface area (TPSA) is 82.3 Å². The van der Waals surface area contributed by atoms with Gasteiger partial charge in [0.05, 0.1) is 17.9 Å². The van der Waals surface area contributed by atoms with E-state index in [2.05, 4.69) is 11.9 Å². The van der Waals surface area contributed by atoms with Crippen LogP contribution in [-0.2, 0) is 17.6 Å². The molecule has 3 aromatic rings. The van der Waals surface area contributed by atoms with E-state index in [0.717, 1.165) is 47.2 Å². The molecule has 1 heterocycles. The van der Waals surface area contributed by atoms with Crippen molar-refractivity contribution < 1.29 is 14.3 Å². The molecule has 0 fully saturated rings. The van der Waals surface area contributed by atoms with Crippen LogP contribution in [0.25, 0.3) is 11.1 Å². The predicted molar refractivity (Wildman–Crippen MR) is 127 cm³/mol. The van der Waals surface area contributed by atoms with E-state index in [-0.39, 0.29) is 12.6 Å². The third kappa shape index (κ3) is 5.82. The third-order valence-corrected chi connectivity index (χ3v) is 5.47. The number of primary amides is 1. The second-order valence-corrected chi connectivity index (χ2v) is 8.04. The number of pyridine rings is 1. The van der Waals surface area contributed by atoms with Gasteiger partial charge < -0.3 is 10.5 Å². The normalized spacial score (nSPS) is 10.7. The summed E-state index contributed by atoms with van der Waals surface area (Å²) in [6.07, 6.45) is 3.57. The van der Waals surface area contributed by atoms with Gasteiger partial charge in [-0.2, -0.15) is 0 Å². The lowest BCUT2D eigenvalue weighted by Crippen LogP contribution is -2.13. The maximum atomic E-state index is 13.1. The van der Waals surface area contributed by atoms with Crippen LogP contribution in [0.15, 0.2) is 54.6 Å². The van der Waals surface area contributed by atoms with Gasteiger partial charge in [-0.25, -0.2) is 4.79 Å². The van der Waals surface area contributed by atoms with E-state index >= 15 is 0 Å². The summed E-state index contributed by atoms with van der Waals surface area (Å²) in [7, 11) is 0. The Balaban J connectivity index is 1.80. The molecule has 5 heteroatoms. The number of carbonyl (C=O) groups excluding carboxylic acids is 2. The zero-order valence-electron chi connectivity index (χ0n) is 19.0. The minimum Gasteiger partial charge on any atom is -0.462 e. The molecule has 0 unspecified atom stereocenters. The van der Waals surface area contributed by atoms with Gasteiger partial charge in [0.25, 0.3) is 0 Å². The summed E-state index contributed by atoms with van der Waals surface area (Å²) in [5.41, 5.74) is 11.9. The first-order valence-corrected chi connectivity index (χ1v) is 11.0. The van der Waals surface area contributed by atoms with Gasteiger partial charge in [-0.05, 0) is 61.6 Å². The fourth-order valence-corrected chi connectivity index (χ4v) is 3.61. The highest BCUT2D eigenvalue weighted by Gasteiger charge is 2.20.